The Kier molecular flexibility index (Phi) is 2.83. The lowest BCUT2D eigenvalue weighted by Gasteiger charge is -2.23. The van der Waals surface area contributed by atoms with Gasteiger partial charge in [-0.3, -0.25) is 4.57 Å². The fourth-order valence-electron chi connectivity index (χ4n) is 2.38. The Morgan fingerprint density at radius 1 is 1.33 bits per heavy atom. The van der Waals surface area contributed by atoms with E-state index in [4.69, 9.17) is 4.74 Å². The number of aromatic amines is 1. The Labute approximate surface area is 105 Å². The fraction of sp³-hybridized carbons (Fsp3) is 0.462. The zero-order valence-electron chi connectivity index (χ0n) is 10.4. The summed E-state index contributed by atoms with van der Waals surface area (Å²) in [7, 11) is 1.76. The smallest absolute Gasteiger partial charge is 0.326 e. The van der Waals surface area contributed by atoms with Crippen molar-refractivity contribution in [3.05, 3.63) is 28.7 Å². The number of hydrogen-bond donors (Lipinski definition) is 2. The van der Waals surface area contributed by atoms with Gasteiger partial charge in [-0.1, -0.05) is 0 Å². The van der Waals surface area contributed by atoms with E-state index < -0.39 is 0 Å². The number of piperidine rings is 1. The normalized spacial score (nSPS) is 17.2. The molecule has 1 saturated heterocycles. The lowest BCUT2D eigenvalue weighted by atomic mass is 10.1. The van der Waals surface area contributed by atoms with Crippen molar-refractivity contribution >= 4 is 11.0 Å². The molecule has 1 aromatic carbocycles. The van der Waals surface area contributed by atoms with Crippen molar-refractivity contribution in [3.8, 4) is 5.75 Å². The maximum atomic E-state index is 11.5. The molecule has 2 aromatic rings. The van der Waals surface area contributed by atoms with Gasteiger partial charge >= 0.3 is 5.69 Å². The first-order chi connectivity index (χ1) is 8.74. The third kappa shape index (κ3) is 2.01. The van der Waals surface area contributed by atoms with E-state index in [9.17, 15) is 4.79 Å². The summed E-state index contributed by atoms with van der Waals surface area (Å²) in [6, 6.07) is 5.74. The van der Waals surface area contributed by atoms with Gasteiger partial charge in [0, 0.05) is 13.1 Å². The molecule has 1 aromatic heterocycles. The molecule has 0 spiro atoms. The van der Waals surface area contributed by atoms with E-state index in [1.54, 1.807) is 11.6 Å². The molecule has 0 amide bonds. The molecular formula is C13H17N3O2. The van der Waals surface area contributed by atoms with Gasteiger partial charge < -0.3 is 15.0 Å². The molecular weight excluding hydrogens is 230 g/mol. The largest absolute Gasteiger partial charge is 0.490 e. The molecule has 5 heteroatoms. The lowest BCUT2D eigenvalue weighted by molar-refractivity contribution is 0.162. The van der Waals surface area contributed by atoms with Gasteiger partial charge in [0.1, 0.15) is 11.9 Å². The van der Waals surface area contributed by atoms with Crippen LogP contribution >= 0.6 is 0 Å². The van der Waals surface area contributed by atoms with E-state index in [1.807, 2.05) is 18.2 Å². The van der Waals surface area contributed by atoms with Crippen LogP contribution < -0.4 is 15.7 Å². The number of benzene rings is 1. The van der Waals surface area contributed by atoms with E-state index >= 15 is 0 Å². The van der Waals surface area contributed by atoms with Crippen molar-refractivity contribution in [1.82, 2.24) is 14.9 Å². The van der Waals surface area contributed by atoms with Gasteiger partial charge in [0.25, 0.3) is 0 Å². The van der Waals surface area contributed by atoms with Crippen LogP contribution in [0, 0.1) is 0 Å². The predicted octanol–water partition coefficient (Wildman–Crippen LogP) is 0.997. The summed E-state index contributed by atoms with van der Waals surface area (Å²) in [5.41, 5.74) is 1.63. The summed E-state index contributed by atoms with van der Waals surface area (Å²) in [4.78, 5) is 14.3. The summed E-state index contributed by atoms with van der Waals surface area (Å²) in [5.74, 6) is 0.837. The highest BCUT2D eigenvalue weighted by molar-refractivity contribution is 5.76. The topological polar surface area (TPSA) is 59.0 Å². The van der Waals surface area contributed by atoms with Crippen molar-refractivity contribution in [3.63, 3.8) is 0 Å². The Bertz CT molecular complexity index is 608. The van der Waals surface area contributed by atoms with Crippen molar-refractivity contribution in [2.45, 2.75) is 18.9 Å². The number of hydrogen-bond acceptors (Lipinski definition) is 3. The Morgan fingerprint density at radius 2 is 2.11 bits per heavy atom. The van der Waals surface area contributed by atoms with Crippen LogP contribution in [0.3, 0.4) is 0 Å². The molecule has 0 bridgehead atoms. The number of ether oxygens (including phenoxy) is 1. The summed E-state index contributed by atoms with van der Waals surface area (Å²) < 4.78 is 7.56. The molecule has 1 fully saturated rings. The van der Waals surface area contributed by atoms with Gasteiger partial charge in [-0.2, -0.15) is 0 Å². The van der Waals surface area contributed by atoms with Gasteiger partial charge in [0.15, 0.2) is 0 Å². The number of H-pyrrole nitrogens is 1. The molecule has 0 saturated carbocycles. The third-order valence-electron chi connectivity index (χ3n) is 3.47. The molecule has 2 N–H and O–H groups in total. The number of imidazole rings is 1. The van der Waals surface area contributed by atoms with Crippen molar-refractivity contribution in [2.24, 2.45) is 7.05 Å². The molecule has 2 heterocycles. The quantitative estimate of drug-likeness (QED) is 0.832. The van der Waals surface area contributed by atoms with Crippen molar-refractivity contribution in [1.29, 1.82) is 0 Å². The zero-order chi connectivity index (χ0) is 12.5. The van der Waals surface area contributed by atoms with E-state index in [2.05, 4.69) is 10.3 Å². The Balaban J connectivity index is 1.88. The molecule has 0 radical (unpaired) electrons. The van der Waals surface area contributed by atoms with Crippen molar-refractivity contribution < 1.29 is 4.74 Å². The average molecular weight is 247 g/mol. The average Bonchev–Trinajstić information content (AvgIpc) is 2.67. The molecule has 1 aliphatic rings. The minimum absolute atomic E-state index is 0.0935. The molecule has 96 valence electrons. The van der Waals surface area contributed by atoms with E-state index in [-0.39, 0.29) is 11.8 Å². The fourth-order valence-corrected chi connectivity index (χ4v) is 2.38. The second-order valence-electron chi connectivity index (χ2n) is 4.74. The molecule has 0 atom stereocenters. The predicted molar refractivity (Wildman–Crippen MR) is 70.1 cm³/mol. The van der Waals surface area contributed by atoms with E-state index in [0.717, 1.165) is 42.7 Å². The van der Waals surface area contributed by atoms with Crippen LogP contribution in [-0.4, -0.2) is 28.7 Å². The number of aromatic nitrogens is 2. The first kappa shape index (κ1) is 11.3. The van der Waals surface area contributed by atoms with Gasteiger partial charge in [-0.05, 0) is 38.1 Å². The minimum atomic E-state index is -0.0935. The van der Waals surface area contributed by atoms with Gasteiger partial charge in [0.2, 0.25) is 0 Å². The molecule has 1 aliphatic heterocycles. The summed E-state index contributed by atoms with van der Waals surface area (Å²) in [6.45, 7) is 2.02. The van der Waals surface area contributed by atoms with Crippen LogP contribution in [0.1, 0.15) is 12.8 Å². The zero-order valence-corrected chi connectivity index (χ0v) is 10.4. The van der Waals surface area contributed by atoms with E-state index in [1.165, 1.54) is 0 Å². The maximum absolute atomic E-state index is 11.5. The Morgan fingerprint density at radius 3 is 2.89 bits per heavy atom. The molecule has 18 heavy (non-hydrogen) atoms. The maximum Gasteiger partial charge on any atom is 0.326 e. The van der Waals surface area contributed by atoms with Crippen molar-refractivity contribution in [2.75, 3.05) is 13.1 Å². The molecule has 5 nitrogen and oxygen atoms in total. The Hall–Kier alpha value is -1.75. The summed E-state index contributed by atoms with van der Waals surface area (Å²) >= 11 is 0. The number of nitrogens with zero attached hydrogens (tertiary/aromatic N) is 1. The van der Waals surface area contributed by atoms with Crippen LogP contribution in [0.5, 0.6) is 5.75 Å². The standard InChI is InChI=1S/C13H17N3O2/c1-16-12-8-10(2-3-11(12)15-13(16)17)18-9-4-6-14-7-5-9/h2-3,8-9,14H,4-7H2,1H3,(H,15,17). The highest BCUT2D eigenvalue weighted by Gasteiger charge is 2.15. The molecule has 0 aliphatic carbocycles. The highest BCUT2D eigenvalue weighted by Crippen LogP contribution is 2.21. The monoisotopic (exact) mass is 247 g/mol. The number of nitrogens with one attached hydrogen (secondary N) is 2. The number of aryl methyl sites for hydroxylation is 1. The molecule has 0 unspecified atom stereocenters. The SMILES string of the molecule is Cn1c(=O)[nH]c2ccc(OC3CCNCC3)cc21. The second kappa shape index (κ2) is 4.49. The van der Waals surface area contributed by atoms with E-state index in [0.29, 0.717) is 0 Å². The second-order valence-corrected chi connectivity index (χ2v) is 4.74. The lowest BCUT2D eigenvalue weighted by Crippen LogP contribution is -2.34. The van der Waals surface area contributed by atoms with Crippen LogP contribution in [0.25, 0.3) is 11.0 Å². The van der Waals surface area contributed by atoms with Crippen LogP contribution in [0.4, 0.5) is 0 Å². The first-order valence-corrected chi connectivity index (χ1v) is 6.30. The number of fused-ring (bicyclic) bond motifs is 1. The number of rotatable bonds is 2. The summed E-state index contributed by atoms with van der Waals surface area (Å²) in [6.07, 6.45) is 2.34. The van der Waals surface area contributed by atoms with Gasteiger partial charge in [-0.15, -0.1) is 0 Å². The first-order valence-electron chi connectivity index (χ1n) is 6.30. The molecule has 3 rings (SSSR count). The summed E-state index contributed by atoms with van der Waals surface area (Å²) in [5, 5.41) is 3.31. The third-order valence-corrected chi connectivity index (χ3v) is 3.47. The van der Waals surface area contributed by atoms with Crippen LogP contribution in [-0.2, 0) is 7.05 Å². The van der Waals surface area contributed by atoms with Crippen LogP contribution in [0.2, 0.25) is 0 Å². The highest BCUT2D eigenvalue weighted by atomic mass is 16.5. The van der Waals surface area contributed by atoms with Gasteiger partial charge in [0.05, 0.1) is 11.0 Å². The van der Waals surface area contributed by atoms with Gasteiger partial charge in [-0.25, -0.2) is 4.79 Å². The minimum Gasteiger partial charge on any atom is -0.490 e. The van der Waals surface area contributed by atoms with Crippen LogP contribution in [0.15, 0.2) is 23.0 Å².